The molecule has 0 bridgehead atoms. The van der Waals surface area contributed by atoms with Crippen molar-refractivity contribution >= 4 is 5.95 Å². The minimum atomic E-state index is 0.273. The van der Waals surface area contributed by atoms with E-state index in [9.17, 15) is 0 Å². The van der Waals surface area contributed by atoms with E-state index in [4.69, 9.17) is 0 Å². The summed E-state index contributed by atoms with van der Waals surface area (Å²) in [4.78, 5) is 11.2. The van der Waals surface area contributed by atoms with Crippen molar-refractivity contribution in [2.24, 2.45) is 7.05 Å². The van der Waals surface area contributed by atoms with Gasteiger partial charge in [-0.1, -0.05) is 30.3 Å². The lowest BCUT2D eigenvalue weighted by molar-refractivity contribution is 0.251. The fourth-order valence-corrected chi connectivity index (χ4v) is 3.34. The van der Waals surface area contributed by atoms with Crippen LogP contribution in [0.4, 0.5) is 5.95 Å². The molecule has 2 aromatic heterocycles. The Labute approximate surface area is 161 Å². The Morgan fingerprint density at radius 3 is 2.33 bits per heavy atom. The summed E-state index contributed by atoms with van der Waals surface area (Å²) in [6, 6.07) is 10.5. The molecule has 0 spiro atoms. The molecular formula is C21H28N6. The van der Waals surface area contributed by atoms with E-state index in [0.29, 0.717) is 5.95 Å². The monoisotopic (exact) mass is 364 g/mol. The zero-order valence-corrected chi connectivity index (χ0v) is 16.8. The van der Waals surface area contributed by atoms with Crippen molar-refractivity contribution in [1.29, 1.82) is 0 Å². The van der Waals surface area contributed by atoms with Crippen molar-refractivity contribution in [1.82, 2.24) is 24.6 Å². The minimum absolute atomic E-state index is 0.273. The quantitative estimate of drug-likeness (QED) is 0.694. The molecule has 2 heterocycles. The van der Waals surface area contributed by atoms with Crippen molar-refractivity contribution in [2.75, 3.05) is 12.4 Å². The van der Waals surface area contributed by atoms with Gasteiger partial charge in [0, 0.05) is 55.4 Å². The highest BCUT2D eigenvalue weighted by atomic mass is 15.3. The number of anilines is 1. The molecule has 0 amide bonds. The fraction of sp³-hybridized carbons (Fsp3) is 0.381. The molecule has 0 aliphatic carbocycles. The highest BCUT2D eigenvalue weighted by Crippen LogP contribution is 2.26. The van der Waals surface area contributed by atoms with Gasteiger partial charge in [0.1, 0.15) is 0 Å². The second-order valence-corrected chi connectivity index (χ2v) is 7.05. The van der Waals surface area contributed by atoms with Crippen molar-refractivity contribution < 1.29 is 0 Å². The van der Waals surface area contributed by atoms with E-state index >= 15 is 0 Å². The molecule has 0 aliphatic rings. The van der Waals surface area contributed by atoms with Crippen molar-refractivity contribution in [3.8, 4) is 0 Å². The summed E-state index contributed by atoms with van der Waals surface area (Å²) in [5.41, 5.74) is 5.89. The van der Waals surface area contributed by atoms with Crippen molar-refractivity contribution in [3.63, 3.8) is 0 Å². The summed E-state index contributed by atoms with van der Waals surface area (Å²) in [5.74, 6) is 0.650. The van der Waals surface area contributed by atoms with E-state index in [1.165, 1.54) is 16.8 Å². The molecule has 0 saturated heterocycles. The van der Waals surface area contributed by atoms with E-state index in [1.807, 2.05) is 42.3 Å². The largest absolute Gasteiger partial charge is 0.350 e. The predicted molar refractivity (Wildman–Crippen MR) is 108 cm³/mol. The average molecular weight is 364 g/mol. The van der Waals surface area contributed by atoms with Gasteiger partial charge in [-0.25, -0.2) is 9.97 Å². The lowest BCUT2D eigenvalue weighted by atomic mass is 10.0. The molecule has 3 aromatic rings. The van der Waals surface area contributed by atoms with Gasteiger partial charge in [0.05, 0.1) is 5.69 Å². The SMILES string of the molecule is Cc1nn(C)c(C)c1C(C)N(C)Cc1cnc(NCc2ccccc2)nc1. The molecule has 0 radical (unpaired) electrons. The number of hydrogen-bond donors (Lipinski definition) is 1. The zero-order chi connectivity index (χ0) is 19.4. The Morgan fingerprint density at radius 1 is 1.07 bits per heavy atom. The van der Waals surface area contributed by atoms with E-state index in [1.54, 1.807) is 0 Å². The van der Waals surface area contributed by atoms with Crippen LogP contribution in [0.5, 0.6) is 0 Å². The van der Waals surface area contributed by atoms with Crippen molar-refractivity contribution in [2.45, 2.75) is 39.9 Å². The molecule has 1 aromatic carbocycles. The number of hydrogen-bond acceptors (Lipinski definition) is 5. The van der Waals surface area contributed by atoms with Crippen LogP contribution in [0.25, 0.3) is 0 Å². The Hall–Kier alpha value is -2.73. The normalized spacial score (nSPS) is 12.4. The maximum atomic E-state index is 4.54. The summed E-state index contributed by atoms with van der Waals surface area (Å²) in [6.45, 7) is 7.91. The third kappa shape index (κ3) is 4.52. The van der Waals surface area contributed by atoms with Crippen LogP contribution in [0.15, 0.2) is 42.7 Å². The molecule has 0 aliphatic heterocycles. The first-order valence-electron chi connectivity index (χ1n) is 9.24. The first kappa shape index (κ1) is 19.0. The number of benzene rings is 1. The van der Waals surface area contributed by atoms with Gasteiger partial charge in [-0.3, -0.25) is 9.58 Å². The van der Waals surface area contributed by atoms with Gasteiger partial charge in [0.15, 0.2) is 0 Å². The lowest BCUT2D eigenvalue weighted by Crippen LogP contribution is -2.23. The van der Waals surface area contributed by atoms with Crippen LogP contribution in [-0.4, -0.2) is 31.7 Å². The van der Waals surface area contributed by atoms with Gasteiger partial charge in [0.2, 0.25) is 5.95 Å². The molecule has 1 N–H and O–H groups in total. The van der Waals surface area contributed by atoms with Crippen LogP contribution in [0.2, 0.25) is 0 Å². The molecule has 3 rings (SSSR count). The first-order chi connectivity index (χ1) is 13.0. The second kappa shape index (κ2) is 8.31. The second-order valence-electron chi connectivity index (χ2n) is 7.05. The summed E-state index contributed by atoms with van der Waals surface area (Å²) >= 11 is 0. The van der Waals surface area contributed by atoms with Gasteiger partial charge in [-0.2, -0.15) is 5.10 Å². The number of aryl methyl sites for hydroxylation is 2. The maximum Gasteiger partial charge on any atom is 0.222 e. The Balaban J connectivity index is 1.60. The standard InChI is InChI=1S/C21H28N6/c1-15-20(17(3)27(5)25-15)16(2)26(4)14-19-12-23-21(24-13-19)22-11-18-9-7-6-8-10-18/h6-10,12-13,16H,11,14H2,1-5H3,(H,22,23,24). The van der Waals surface area contributed by atoms with Gasteiger partial charge in [0.25, 0.3) is 0 Å². The smallest absolute Gasteiger partial charge is 0.222 e. The third-order valence-electron chi connectivity index (χ3n) is 5.07. The summed E-state index contributed by atoms with van der Waals surface area (Å²) in [7, 11) is 4.12. The molecule has 1 unspecified atom stereocenters. The third-order valence-corrected chi connectivity index (χ3v) is 5.07. The Kier molecular flexibility index (Phi) is 5.86. The van der Waals surface area contributed by atoms with Crippen LogP contribution in [-0.2, 0) is 20.1 Å². The fourth-order valence-electron chi connectivity index (χ4n) is 3.34. The van der Waals surface area contributed by atoms with Gasteiger partial charge in [-0.05, 0) is 33.4 Å². The van der Waals surface area contributed by atoms with E-state index < -0.39 is 0 Å². The molecular weight excluding hydrogens is 336 g/mol. The van der Waals surface area contributed by atoms with Crippen molar-refractivity contribution in [3.05, 3.63) is 70.8 Å². The number of rotatable bonds is 7. The predicted octanol–water partition coefficient (Wildman–Crippen LogP) is 3.63. The summed E-state index contributed by atoms with van der Waals surface area (Å²) in [6.07, 6.45) is 3.79. The maximum absolute atomic E-state index is 4.54. The van der Waals surface area contributed by atoms with Crippen LogP contribution in [0.1, 0.15) is 41.0 Å². The van der Waals surface area contributed by atoms with Crippen LogP contribution in [0, 0.1) is 13.8 Å². The molecule has 6 heteroatoms. The topological polar surface area (TPSA) is 58.9 Å². The molecule has 6 nitrogen and oxygen atoms in total. The molecule has 1 atom stereocenters. The number of nitrogens with zero attached hydrogens (tertiary/aromatic N) is 5. The van der Waals surface area contributed by atoms with E-state index in [2.05, 4.69) is 65.2 Å². The Bertz CT molecular complexity index is 870. The van der Waals surface area contributed by atoms with Gasteiger partial charge >= 0.3 is 0 Å². The van der Waals surface area contributed by atoms with Gasteiger partial charge < -0.3 is 5.32 Å². The minimum Gasteiger partial charge on any atom is -0.350 e. The van der Waals surface area contributed by atoms with Crippen LogP contribution < -0.4 is 5.32 Å². The summed E-state index contributed by atoms with van der Waals surface area (Å²) in [5, 5.41) is 7.80. The molecule has 27 heavy (non-hydrogen) atoms. The van der Waals surface area contributed by atoms with E-state index in [0.717, 1.165) is 24.3 Å². The molecule has 0 saturated carbocycles. The van der Waals surface area contributed by atoms with E-state index in [-0.39, 0.29) is 6.04 Å². The zero-order valence-electron chi connectivity index (χ0n) is 16.8. The highest BCUT2D eigenvalue weighted by Gasteiger charge is 2.20. The van der Waals surface area contributed by atoms with Crippen LogP contribution >= 0.6 is 0 Å². The number of aromatic nitrogens is 4. The Morgan fingerprint density at radius 2 is 1.74 bits per heavy atom. The van der Waals surface area contributed by atoms with Gasteiger partial charge in [-0.15, -0.1) is 0 Å². The van der Waals surface area contributed by atoms with Crippen LogP contribution in [0.3, 0.4) is 0 Å². The highest BCUT2D eigenvalue weighted by molar-refractivity contribution is 5.29. The molecule has 142 valence electrons. The average Bonchev–Trinajstić information content (AvgIpc) is 2.93. The first-order valence-corrected chi connectivity index (χ1v) is 9.24. The number of nitrogens with one attached hydrogen (secondary N) is 1. The molecule has 0 fully saturated rings. The lowest BCUT2D eigenvalue weighted by Gasteiger charge is -2.25. The summed E-state index contributed by atoms with van der Waals surface area (Å²) < 4.78 is 1.95.